The normalized spacial score (nSPS) is 15.3. The molecular formula is C23H37N5O2S2. The Morgan fingerprint density at radius 2 is 1.72 bits per heavy atom. The number of sulfonamides is 1. The highest BCUT2D eigenvalue weighted by Crippen LogP contribution is 2.20. The van der Waals surface area contributed by atoms with E-state index in [2.05, 4.69) is 38.0 Å². The van der Waals surface area contributed by atoms with Crippen LogP contribution in [-0.2, 0) is 16.4 Å². The summed E-state index contributed by atoms with van der Waals surface area (Å²) in [5, 5.41) is 0.982. The fourth-order valence-corrected chi connectivity index (χ4v) is 5.76. The Bertz CT molecular complexity index is 881. The first kappa shape index (κ1) is 25.1. The Labute approximate surface area is 197 Å². The van der Waals surface area contributed by atoms with E-state index in [1.807, 2.05) is 18.2 Å². The van der Waals surface area contributed by atoms with Gasteiger partial charge in [0, 0.05) is 57.2 Å². The molecule has 1 saturated heterocycles. The SMILES string of the molecule is CCCCCCCCS(=O)(=O)NCCN1CCN(c2nc(Cc3ccccc3)ns2)CC1. The monoisotopic (exact) mass is 479 g/mol. The molecule has 0 amide bonds. The highest BCUT2D eigenvalue weighted by atomic mass is 32.2. The Kier molecular flexibility index (Phi) is 10.4. The zero-order chi connectivity index (χ0) is 22.7. The molecule has 0 spiro atoms. The lowest BCUT2D eigenvalue weighted by Gasteiger charge is -2.34. The van der Waals surface area contributed by atoms with Crippen molar-refractivity contribution in [2.24, 2.45) is 0 Å². The number of hydrogen-bond donors (Lipinski definition) is 1. The van der Waals surface area contributed by atoms with Gasteiger partial charge in [-0.3, -0.25) is 4.90 Å². The summed E-state index contributed by atoms with van der Waals surface area (Å²) in [5.41, 5.74) is 1.22. The molecule has 1 aromatic carbocycles. The van der Waals surface area contributed by atoms with Crippen LogP contribution in [0.1, 0.15) is 56.8 Å². The van der Waals surface area contributed by atoms with E-state index in [0.717, 1.165) is 69.4 Å². The number of nitrogens with zero attached hydrogens (tertiary/aromatic N) is 4. The first-order chi connectivity index (χ1) is 15.6. The Balaban J connectivity index is 1.31. The van der Waals surface area contributed by atoms with E-state index in [1.165, 1.54) is 36.4 Å². The molecule has 0 atom stereocenters. The van der Waals surface area contributed by atoms with E-state index >= 15 is 0 Å². The molecule has 178 valence electrons. The maximum absolute atomic E-state index is 12.2. The van der Waals surface area contributed by atoms with Gasteiger partial charge < -0.3 is 4.90 Å². The smallest absolute Gasteiger partial charge is 0.211 e. The van der Waals surface area contributed by atoms with Gasteiger partial charge >= 0.3 is 0 Å². The maximum Gasteiger partial charge on any atom is 0.211 e. The van der Waals surface area contributed by atoms with E-state index in [0.29, 0.717) is 6.54 Å². The van der Waals surface area contributed by atoms with Crippen molar-refractivity contribution < 1.29 is 8.42 Å². The van der Waals surface area contributed by atoms with Gasteiger partial charge in [-0.05, 0) is 12.0 Å². The third-order valence-electron chi connectivity index (χ3n) is 5.82. The topological polar surface area (TPSA) is 78.4 Å². The molecule has 0 radical (unpaired) electrons. The first-order valence-electron chi connectivity index (χ1n) is 11.9. The summed E-state index contributed by atoms with van der Waals surface area (Å²) in [6.07, 6.45) is 7.32. The van der Waals surface area contributed by atoms with Gasteiger partial charge in [0.15, 0.2) is 0 Å². The molecule has 0 saturated carbocycles. The average Bonchev–Trinajstić information content (AvgIpc) is 3.25. The Morgan fingerprint density at radius 1 is 1.00 bits per heavy atom. The van der Waals surface area contributed by atoms with Crippen LogP contribution in [0.15, 0.2) is 30.3 Å². The van der Waals surface area contributed by atoms with Gasteiger partial charge in [-0.2, -0.15) is 4.37 Å². The number of unbranched alkanes of at least 4 members (excludes halogenated alkanes) is 5. The standard InChI is InChI=1S/C23H37N5O2S2/c1-2-3-4-5-6-10-19-32(29,30)24-13-14-27-15-17-28(18-16-27)23-25-22(26-31-23)20-21-11-8-7-9-12-21/h7-9,11-12,24H,2-6,10,13-20H2,1H3. The highest BCUT2D eigenvalue weighted by Gasteiger charge is 2.20. The second-order valence-corrected chi connectivity index (χ2v) is 11.1. The fraction of sp³-hybridized carbons (Fsp3) is 0.652. The zero-order valence-corrected chi connectivity index (χ0v) is 20.8. The molecule has 0 bridgehead atoms. The summed E-state index contributed by atoms with van der Waals surface area (Å²) in [7, 11) is -3.16. The van der Waals surface area contributed by atoms with Crippen molar-refractivity contribution in [3.05, 3.63) is 41.7 Å². The van der Waals surface area contributed by atoms with Crippen LogP contribution in [-0.4, -0.2) is 67.7 Å². The number of piperazine rings is 1. The van der Waals surface area contributed by atoms with Gasteiger partial charge in [-0.15, -0.1) is 0 Å². The average molecular weight is 480 g/mol. The predicted molar refractivity (Wildman–Crippen MR) is 133 cm³/mol. The van der Waals surface area contributed by atoms with Gasteiger partial charge in [0.1, 0.15) is 5.82 Å². The quantitative estimate of drug-likeness (QED) is 0.418. The van der Waals surface area contributed by atoms with Crippen LogP contribution in [0.4, 0.5) is 5.13 Å². The van der Waals surface area contributed by atoms with Crippen LogP contribution in [0.2, 0.25) is 0 Å². The van der Waals surface area contributed by atoms with Crippen molar-refractivity contribution in [1.82, 2.24) is 19.0 Å². The summed E-state index contributed by atoms with van der Waals surface area (Å²) in [4.78, 5) is 9.32. The molecule has 2 aromatic rings. The van der Waals surface area contributed by atoms with Gasteiger partial charge in [-0.25, -0.2) is 18.1 Å². The van der Waals surface area contributed by atoms with E-state index in [-0.39, 0.29) is 5.75 Å². The molecule has 0 unspecified atom stereocenters. The van der Waals surface area contributed by atoms with Crippen LogP contribution in [0.25, 0.3) is 0 Å². The molecule has 32 heavy (non-hydrogen) atoms. The maximum atomic E-state index is 12.2. The van der Waals surface area contributed by atoms with Crippen molar-refractivity contribution in [3.8, 4) is 0 Å². The second kappa shape index (κ2) is 13.2. The van der Waals surface area contributed by atoms with Gasteiger partial charge in [0.2, 0.25) is 15.2 Å². The largest absolute Gasteiger partial charge is 0.344 e. The van der Waals surface area contributed by atoms with Gasteiger partial charge in [-0.1, -0.05) is 69.4 Å². The first-order valence-corrected chi connectivity index (χ1v) is 14.3. The summed E-state index contributed by atoms with van der Waals surface area (Å²) >= 11 is 1.47. The summed E-state index contributed by atoms with van der Waals surface area (Å²) in [6, 6.07) is 10.3. The Hall–Kier alpha value is -1.55. The zero-order valence-electron chi connectivity index (χ0n) is 19.2. The van der Waals surface area contributed by atoms with Crippen molar-refractivity contribution >= 4 is 26.7 Å². The number of nitrogens with one attached hydrogen (secondary N) is 1. The Morgan fingerprint density at radius 3 is 2.47 bits per heavy atom. The lowest BCUT2D eigenvalue weighted by Crippen LogP contribution is -2.48. The molecule has 1 aromatic heterocycles. The third kappa shape index (κ3) is 8.77. The van der Waals surface area contributed by atoms with Gasteiger partial charge in [0.05, 0.1) is 5.75 Å². The molecule has 1 fully saturated rings. The molecule has 9 heteroatoms. The van der Waals surface area contributed by atoms with E-state index < -0.39 is 10.0 Å². The van der Waals surface area contributed by atoms with Crippen LogP contribution in [0.3, 0.4) is 0 Å². The lowest BCUT2D eigenvalue weighted by molar-refractivity contribution is 0.262. The minimum absolute atomic E-state index is 0.245. The molecule has 0 aliphatic carbocycles. The van der Waals surface area contributed by atoms with E-state index in [9.17, 15) is 8.42 Å². The number of hydrogen-bond acceptors (Lipinski definition) is 7. The molecule has 1 aliphatic rings. The molecular weight excluding hydrogens is 442 g/mol. The number of benzene rings is 1. The molecule has 7 nitrogen and oxygen atoms in total. The van der Waals surface area contributed by atoms with Crippen LogP contribution in [0.5, 0.6) is 0 Å². The number of anilines is 1. The lowest BCUT2D eigenvalue weighted by atomic mass is 10.1. The minimum Gasteiger partial charge on any atom is -0.344 e. The van der Waals surface area contributed by atoms with E-state index in [1.54, 1.807) is 0 Å². The summed E-state index contributed by atoms with van der Waals surface area (Å²) in [6.45, 7) is 7.03. The van der Waals surface area contributed by atoms with Crippen molar-refractivity contribution in [2.75, 3.05) is 49.9 Å². The van der Waals surface area contributed by atoms with Crippen LogP contribution in [0, 0.1) is 0 Å². The van der Waals surface area contributed by atoms with E-state index in [4.69, 9.17) is 4.98 Å². The molecule has 2 heterocycles. The predicted octanol–water partition coefficient (Wildman–Crippen LogP) is 3.53. The molecule has 1 aliphatic heterocycles. The van der Waals surface area contributed by atoms with Crippen molar-refractivity contribution in [3.63, 3.8) is 0 Å². The van der Waals surface area contributed by atoms with Crippen molar-refractivity contribution in [1.29, 1.82) is 0 Å². The highest BCUT2D eigenvalue weighted by molar-refractivity contribution is 7.89. The third-order valence-corrected chi connectivity index (χ3v) is 8.11. The second-order valence-electron chi connectivity index (χ2n) is 8.47. The number of aromatic nitrogens is 2. The minimum atomic E-state index is -3.16. The fourth-order valence-electron chi connectivity index (χ4n) is 3.89. The molecule has 3 rings (SSSR count). The van der Waals surface area contributed by atoms with Crippen molar-refractivity contribution in [2.45, 2.75) is 51.9 Å². The van der Waals surface area contributed by atoms with Gasteiger partial charge in [0.25, 0.3) is 0 Å². The van der Waals surface area contributed by atoms with Crippen LogP contribution < -0.4 is 9.62 Å². The number of rotatable bonds is 14. The summed E-state index contributed by atoms with van der Waals surface area (Å²) in [5.74, 6) is 1.12. The van der Waals surface area contributed by atoms with Crippen LogP contribution >= 0.6 is 11.5 Å². The molecule has 1 N–H and O–H groups in total. The summed E-state index contributed by atoms with van der Waals surface area (Å²) < 4.78 is 31.7.